The van der Waals surface area contributed by atoms with Crippen molar-refractivity contribution >= 4 is 15.9 Å². The fraction of sp³-hybridized carbons (Fsp3) is 1.00. The van der Waals surface area contributed by atoms with Crippen LogP contribution in [-0.4, -0.2) is 30.4 Å². The molecule has 1 saturated carbocycles. The van der Waals surface area contributed by atoms with Crippen molar-refractivity contribution in [1.29, 1.82) is 0 Å². The van der Waals surface area contributed by atoms with Crippen LogP contribution in [0.15, 0.2) is 0 Å². The van der Waals surface area contributed by atoms with Crippen molar-refractivity contribution in [2.24, 2.45) is 17.3 Å². The van der Waals surface area contributed by atoms with Crippen LogP contribution in [0, 0.1) is 17.3 Å². The minimum Gasteiger partial charge on any atom is -0.306 e. The van der Waals surface area contributed by atoms with E-state index >= 15 is 0 Å². The Morgan fingerprint density at radius 1 is 1.36 bits per heavy atom. The molecule has 0 aliphatic heterocycles. The minimum absolute atomic E-state index is 0.418. The van der Waals surface area contributed by atoms with Gasteiger partial charge in [0, 0.05) is 18.4 Å². The van der Waals surface area contributed by atoms with Crippen LogP contribution in [0.3, 0.4) is 0 Å². The van der Waals surface area contributed by atoms with Gasteiger partial charge in [0.05, 0.1) is 0 Å². The Morgan fingerprint density at radius 3 is 2.29 bits per heavy atom. The highest BCUT2D eigenvalue weighted by Crippen LogP contribution is 2.31. The van der Waals surface area contributed by atoms with Crippen molar-refractivity contribution in [2.75, 3.05) is 25.5 Å². The second-order valence-corrected chi connectivity index (χ2v) is 6.53. The lowest BCUT2D eigenvalue weighted by molar-refractivity contribution is 0.184. The third kappa shape index (κ3) is 4.31. The van der Waals surface area contributed by atoms with Gasteiger partial charge in [-0.25, -0.2) is 0 Å². The molecular weight excluding hydrogens is 238 g/mol. The van der Waals surface area contributed by atoms with Crippen LogP contribution in [0.4, 0.5) is 0 Å². The van der Waals surface area contributed by atoms with E-state index in [-0.39, 0.29) is 0 Å². The SMILES string of the molecule is CN(CC1CC1)CC(CBr)C(C)(C)C. The third-order valence-electron chi connectivity index (χ3n) is 3.21. The van der Waals surface area contributed by atoms with Gasteiger partial charge in [-0.1, -0.05) is 36.7 Å². The van der Waals surface area contributed by atoms with Crippen molar-refractivity contribution in [3.63, 3.8) is 0 Å². The molecule has 0 amide bonds. The maximum atomic E-state index is 3.64. The average Bonchev–Trinajstić information content (AvgIpc) is 2.81. The van der Waals surface area contributed by atoms with E-state index in [1.807, 2.05) is 0 Å². The van der Waals surface area contributed by atoms with Crippen LogP contribution < -0.4 is 0 Å². The number of halogens is 1. The number of nitrogens with zero attached hydrogens (tertiary/aromatic N) is 1. The molecule has 1 fully saturated rings. The van der Waals surface area contributed by atoms with E-state index < -0.39 is 0 Å². The summed E-state index contributed by atoms with van der Waals surface area (Å²) in [4.78, 5) is 2.51. The Hall–Kier alpha value is 0.440. The quantitative estimate of drug-likeness (QED) is 0.686. The standard InChI is InChI=1S/C12H24BrN/c1-12(2,3)11(7-13)9-14(4)8-10-5-6-10/h10-11H,5-9H2,1-4H3. The molecule has 0 heterocycles. The van der Waals surface area contributed by atoms with Crippen molar-refractivity contribution in [3.8, 4) is 0 Å². The molecule has 1 unspecified atom stereocenters. The lowest BCUT2D eigenvalue weighted by Gasteiger charge is -2.32. The Balaban J connectivity index is 2.30. The summed E-state index contributed by atoms with van der Waals surface area (Å²) in [5.74, 6) is 1.77. The van der Waals surface area contributed by atoms with Crippen LogP contribution in [-0.2, 0) is 0 Å². The average molecular weight is 262 g/mol. The molecule has 0 N–H and O–H groups in total. The van der Waals surface area contributed by atoms with Gasteiger partial charge in [-0.3, -0.25) is 0 Å². The summed E-state index contributed by atoms with van der Waals surface area (Å²) in [6.07, 6.45) is 2.91. The highest BCUT2D eigenvalue weighted by Gasteiger charge is 2.27. The molecule has 1 aliphatic carbocycles. The first-order valence-electron chi connectivity index (χ1n) is 5.68. The second kappa shape index (κ2) is 4.98. The number of hydrogen-bond donors (Lipinski definition) is 0. The smallest absolute Gasteiger partial charge is 0.00768 e. The molecule has 0 aromatic carbocycles. The molecule has 0 spiro atoms. The predicted octanol–water partition coefficient (Wildman–Crippen LogP) is 3.39. The van der Waals surface area contributed by atoms with E-state index in [0.29, 0.717) is 5.41 Å². The van der Waals surface area contributed by atoms with E-state index in [1.165, 1.54) is 25.9 Å². The molecule has 2 heteroatoms. The second-order valence-electron chi connectivity index (χ2n) is 5.88. The molecule has 0 radical (unpaired) electrons. The molecule has 0 aromatic heterocycles. The normalized spacial score (nSPS) is 20.1. The Labute approximate surface area is 97.4 Å². The van der Waals surface area contributed by atoms with Gasteiger partial charge in [0.15, 0.2) is 0 Å². The molecule has 1 atom stereocenters. The van der Waals surface area contributed by atoms with Gasteiger partial charge >= 0.3 is 0 Å². The van der Waals surface area contributed by atoms with Crippen LogP contribution in [0.1, 0.15) is 33.6 Å². The number of rotatable bonds is 5. The number of alkyl halides is 1. The van der Waals surface area contributed by atoms with Crippen molar-refractivity contribution in [1.82, 2.24) is 4.90 Å². The van der Waals surface area contributed by atoms with Gasteiger partial charge in [-0.2, -0.15) is 0 Å². The summed E-state index contributed by atoms with van der Waals surface area (Å²) >= 11 is 3.64. The third-order valence-corrected chi connectivity index (χ3v) is 3.99. The van der Waals surface area contributed by atoms with Gasteiger partial charge in [0.25, 0.3) is 0 Å². The first-order valence-corrected chi connectivity index (χ1v) is 6.80. The van der Waals surface area contributed by atoms with Gasteiger partial charge in [0.2, 0.25) is 0 Å². The highest BCUT2D eigenvalue weighted by atomic mass is 79.9. The molecule has 1 nitrogen and oxygen atoms in total. The van der Waals surface area contributed by atoms with E-state index in [0.717, 1.165) is 17.2 Å². The Morgan fingerprint density at radius 2 is 1.93 bits per heavy atom. The van der Waals surface area contributed by atoms with Gasteiger partial charge in [0.1, 0.15) is 0 Å². The first kappa shape index (κ1) is 12.5. The predicted molar refractivity (Wildman–Crippen MR) is 67.0 cm³/mol. The zero-order chi connectivity index (χ0) is 10.8. The Kier molecular flexibility index (Phi) is 4.45. The fourth-order valence-electron chi connectivity index (χ4n) is 1.75. The van der Waals surface area contributed by atoms with Crippen LogP contribution in [0.5, 0.6) is 0 Å². The molecule has 14 heavy (non-hydrogen) atoms. The fourth-order valence-corrected chi connectivity index (χ4v) is 2.92. The maximum absolute atomic E-state index is 3.64. The van der Waals surface area contributed by atoms with Crippen molar-refractivity contribution in [3.05, 3.63) is 0 Å². The lowest BCUT2D eigenvalue weighted by atomic mass is 9.82. The summed E-state index contributed by atoms with van der Waals surface area (Å²) in [5, 5.41) is 1.12. The summed E-state index contributed by atoms with van der Waals surface area (Å²) < 4.78 is 0. The Bertz CT molecular complexity index is 170. The summed E-state index contributed by atoms with van der Waals surface area (Å²) in [7, 11) is 2.26. The largest absolute Gasteiger partial charge is 0.306 e. The number of hydrogen-bond acceptors (Lipinski definition) is 1. The summed E-state index contributed by atoms with van der Waals surface area (Å²) in [6.45, 7) is 9.54. The topological polar surface area (TPSA) is 3.24 Å². The van der Waals surface area contributed by atoms with E-state index in [4.69, 9.17) is 0 Å². The monoisotopic (exact) mass is 261 g/mol. The molecule has 1 rings (SSSR count). The van der Waals surface area contributed by atoms with Gasteiger partial charge < -0.3 is 4.90 Å². The molecule has 0 aromatic rings. The first-order chi connectivity index (χ1) is 6.43. The van der Waals surface area contributed by atoms with Crippen LogP contribution in [0.2, 0.25) is 0 Å². The van der Waals surface area contributed by atoms with E-state index in [9.17, 15) is 0 Å². The maximum Gasteiger partial charge on any atom is 0.00768 e. The summed E-state index contributed by atoms with van der Waals surface area (Å²) in [6, 6.07) is 0. The van der Waals surface area contributed by atoms with Gasteiger partial charge in [-0.05, 0) is 37.1 Å². The highest BCUT2D eigenvalue weighted by molar-refractivity contribution is 9.09. The zero-order valence-electron chi connectivity index (χ0n) is 10.0. The zero-order valence-corrected chi connectivity index (χ0v) is 11.6. The van der Waals surface area contributed by atoms with Crippen LogP contribution >= 0.6 is 15.9 Å². The molecular formula is C12H24BrN. The van der Waals surface area contributed by atoms with Crippen molar-refractivity contribution in [2.45, 2.75) is 33.6 Å². The van der Waals surface area contributed by atoms with E-state index in [1.54, 1.807) is 0 Å². The molecule has 0 saturated heterocycles. The van der Waals surface area contributed by atoms with Crippen molar-refractivity contribution < 1.29 is 0 Å². The van der Waals surface area contributed by atoms with E-state index in [2.05, 4.69) is 48.6 Å². The molecule has 0 bridgehead atoms. The van der Waals surface area contributed by atoms with Gasteiger partial charge in [-0.15, -0.1) is 0 Å². The lowest BCUT2D eigenvalue weighted by Crippen LogP contribution is -2.35. The minimum atomic E-state index is 0.418. The summed E-state index contributed by atoms with van der Waals surface area (Å²) in [5.41, 5.74) is 0.418. The van der Waals surface area contributed by atoms with Crippen LogP contribution in [0.25, 0.3) is 0 Å². The molecule has 1 aliphatic rings. The molecule has 84 valence electrons.